The van der Waals surface area contributed by atoms with E-state index in [1.165, 1.54) is 13.1 Å². The Bertz CT molecular complexity index is 1010. The van der Waals surface area contributed by atoms with Gasteiger partial charge in [-0.2, -0.15) is 4.31 Å². The van der Waals surface area contributed by atoms with Crippen molar-refractivity contribution in [3.05, 3.63) is 52.0 Å². The lowest BCUT2D eigenvalue weighted by molar-refractivity contribution is -0.118. The van der Waals surface area contributed by atoms with Gasteiger partial charge in [-0.05, 0) is 67.8 Å². The van der Waals surface area contributed by atoms with E-state index in [1.54, 1.807) is 24.0 Å². The quantitative estimate of drug-likeness (QED) is 0.654. The molecule has 6 nitrogen and oxygen atoms in total. The Kier molecular flexibility index (Phi) is 6.12. The van der Waals surface area contributed by atoms with Crippen LogP contribution in [0, 0.1) is 6.92 Å². The number of carbonyl (C=O) groups is 1. The van der Waals surface area contributed by atoms with E-state index in [1.807, 2.05) is 25.1 Å². The molecule has 3 rings (SSSR count). The Balaban J connectivity index is 1.76. The number of ether oxygens (including phenoxy) is 1. The van der Waals surface area contributed by atoms with Crippen LogP contribution in [0.25, 0.3) is 0 Å². The van der Waals surface area contributed by atoms with Crippen molar-refractivity contribution in [1.82, 2.24) is 4.31 Å². The molecule has 1 amide bonds. The number of likely N-dealkylation sites (N-methyl/N-ethyl adjacent to an activating group) is 1. The molecule has 0 bridgehead atoms. The fourth-order valence-electron chi connectivity index (χ4n) is 3.27. The number of anilines is 1. The van der Waals surface area contributed by atoms with Crippen LogP contribution in [-0.4, -0.2) is 45.4 Å². The van der Waals surface area contributed by atoms with Gasteiger partial charge in [-0.15, -0.1) is 0 Å². The van der Waals surface area contributed by atoms with Crippen molar-refractivity contribution in [1.29, 1.82) is 0 Å². The summed E-state index contributed by atoms with van der Waals surface area (Å²) in [6.07, 6.45) is 0.759. The van der Waals surface area contributed by atoms with Crippen molar-refractivity contribution in [3.8, 4) is 5.75 Å². The van der Waals surface area contributed by atoms with Gasteiger partial charge in [0.25, 0.3) is 0 Å². The van der Waals surface area contributed by atoms with Crippen molar-refractivity contribution in [2.24, 2.45) is 0 Å². The second-order valence-corrected chi connectivity index (χ2v) is 9.65. The van der Waals surface area contributed by atoms with E-state index in [9.17, 15) is 13.2 Å². The van der Waals surface area contributed by atoms with Gasteiger partial charge in [0.2, 0.25) is 15.9 Å². The zero-order valence-corrected chi connectivity index (χ0v) is 18.5. The summed E-state index contributed by atoms with van der Waals surface area (Å²) in [7, 11) is -2.35. The molecule has 150 valence electrons. The van der Waals surface area contributed by atoms with Gasteiger partial charge in [0, 0.05) is 23.8 Å². The Morgan fingerprint density at radius 3 is 2.68 bits per heavy atom. The Labute approximate surface area is 174 Å². The van der Waals surface area contributed by atoms with E-state index >= 15 is 0 Å². The highest BCUT2D eigenvalue weighted by Crippen LogP contribution is 2.31. The molecular formula is C20H23BrN2O4S. The molecule has 0 saturated carbocycles. The monoisotopic (exact) mass is 466 g/mol. The second-order valence-electron chi connectivity index (χ2n) is 6.69. The SMILES string of the molecule is CCOc1ccc(S(=O)(=O)N(C)CC(=O)N2CCc3cc(Br)ccc32)cc1C. The first kappa shape index (κ1) is 20.8. The average molecular weight is 467 g/mol. The van der Waals surface area contributed by atoms with E-state index in [0.29, 0.717) is 18.9 Å². The highest BCUT2D eigenvalue weighted by Gasteiger charge is 2.29. The van der Waals surface area contributed by atoms with Crippen LogP contribution >= 0.6 is 15.9 Å². The van der Waals surface area contributed by atoms with Crippen LogP contribution in [0.15, 0.2) is 45.8 Å². The summed E-state index contributed by atoms with van der Waals surface area (Å²) >= 11 is 3.43. The number of benzene rings is 2. The lowest BCUT2D eigenvalue weighted by Crippen LogP contribution is -2.40. The van der Waals surface area contributed by atoms with Gasteiger partial charge in [-0.1, -0.05) is 15.9 Å². The molecule has 0 radical (unpaired) electrons. The largest absolute Gasteiger partial charge is 0.494 e. The number of aryl methyl sites for hydroxylation is 1. The van der Waals surface area contributed by atoms with Gasteiger partial charge in [0.15, 0.2) is 0 Å². The Hall–Kier alpha value is -1.90. The first-order valence-electron chi connectivity index (χ1n) is 9.02. The van der Waals surface area contributed by atoms with Crippen LogP contribution in [0.5, 0.6) is 5.75 Å². The van der Waals surface area contributed by atoms with Crippen molar-refractivity contribution in [3.63, 3.8) is 0 Å². The number of carbonyl (C=O) groups excluding carboxylic acids is 1. The summed E-state index contributed by atoms with van der Waals surface area (Å²) in [5.74, 6) is 0.412. The number of amides is 1. The third kappa shape index (κ3) is 4.09. The van der Waals surface area contributed by atoms with E-state index in [4.69, 9.17) is 4.74 Å². The molecule has 0 N–H and O–H groups in total. The maximum atomic E-state index is 12.9. The fourth-order valence-corrected chi connectivity index (χ4v) is 4.88. The molecule has 0 atom stereocenters. The highest BCUT2D eigenvalue weighted by molar-refractivity contribution is 9.10. The maximum absolute atomic E-state index is 12.9. The molecule has 0 saturated heterocycles. The number of sulfonamides is 1. The number of hydrogen-bond donors (Lipinski definition) is 0. The molecule has 0 aromatic heterocycles. The van der Waals surface area contributed by atoms with Crippen LogP contribution in [0.1, 0.15) is 18.1 Å². The van der Waals surface area contributed by atoms with E-state index < -0.39 is 10.0 Å². The van der Waals surface area contributed by atoms with Gasteiger partial charge in [0.05, 0.1) is 18.0 Å². The van der Waals surface area contributed by atoms with E-state index in [2.05, 4.69) is 15.9 Å². The Morgan fingerprint density at radius 2 is 2.00 bits per heavy atom. The molecule has 2 aromatic carbocycles. The van der Waals surface area contributed by atoms with Crippen LogP contribution in [0.2, 0.25) is 0 Å². The molecule has 0 aliphatic carbocycles. The molecule has 0 unspecified atom stereocenters. The smallest absolute Gasteiger partial charge is 0.243 e. The number of rotatable bonds is 6. The molecular weight excluding hydrogens is 444 g/mol. The van der Waals surface area contributed by atoms with Crippen LogP contribution in [-0.2, 0) is 21.2 Å². The van der Waals surface area contributed by atoms with Crippen molar-refractivity contribution in [2.45, 2.75) is 25.2 Å². The molecule has 1 aliphatic rings. The van der Waals surface area contributed by atoms with Gasteiger partial charge in [-0.3, -0.25) is 4.79 Å². The predicted molar refractivity (Wildman–Crippen MR) is 112 cm³/mol. The summed E-state index contributed by atoms with van der Waals surface area (Å²) in [6, 6.07) is 10.5. The molecule has 1 heterocycles. The number of halogens is 1. The lowest BCUT2D eigenvalue weighted by atomic mass is 10.2. The number of hydrogen-bond acceptors (Lipinski definition) is 4. The molecule has 0 fully saturated rings. The van der Waals surface area contributed by atoms with Crippen LogP contribution in [0.3, 0.4) is 0 Å². The van der Waals surface area contributed by atoms with Crippen LogP contribution < -0.4 is 9.64 Å². The molecule has 28 heavy (non-hydrogen) atoms. The third-order valence-electron chi connectivity index (χ3n) is 4.75. The minimum atomic E-state index is -3.78. The molecule has 0 spiro atoms. The van der Waals surface area contributed by atoms with E-state index in [-0.39, 0.29) is 17.3 Å². The predicted octanol–water partition coefficient (Wildman–Crippen LogP) is 3.37. The average Bonchev–Trinajstić information content (AvgIpc) is 3.06. The first-order valence-corrected chi connectivity index (χ1v) is 11.3. The summed E-state index contributed by atoms with van der Waals surface area (Å²) < 4.78 is 33.3. The highest BCUT2D eigenvalue weighted by atomic mass is 79.9. The van der Waals surface area contributed by atoms with Gasteiger partial charge in [-0.25, -0.2) is 8.42 Å². The number of nitrogens with zero attached hydrogens (tertiary/aromatic N) is 2. The fraction of sp³-hybridized carbons (Fsp3) is 0.350. The summed E-state index contributed by atoms with van der Waals surface area (Å²) in [5, 5.41) is 0. The lowest BCUT2D eigenvalue weighted by Gasteiger charge is -2.22. The van der Waals surface area contributed by atoms with Crippen LogP contribution in [0.4, 0.5) is 5.69 Å². The van der Waals surface area contributed by atoms with Crippen molar-refractivity contribution < 1.29 is 17.9 Å². The maximum Gasteiger partial charge on any atom is 0.243 e. The zero-order chi connectivity index (χ0) is 20.5. The Morgan fingerprint density at radius 1 is 1.25 bits per heavy atom. The summed E-state index contributed by atoms with van der Waals surface area (Å²) in [5.41, 5.74) is 2.66. The van der Waals surface area contributed by atoms with Gasteiger partial charge >= 0.3 is 0 Å². The standard InChI is InChI=1S/C20H23BrN2O4S/c1-4-27-19-8-6-17(11-14(19)2)28(25,26)22(3)13-20(24)23-10-9-15-12-16(21)5-7-18(15)23/h5-8,11-12H,4,9-10,13H2,1-3H3. The van der Waals surface area contributed by atoms with Gasteiger partial charge < -0.3 is 9.64 Å². The summed E-state index contributed by atoms with van der Waals surface area (Å²) in [6.45, 7) is 4.52. The minimum absolute atomic E-state index is 0.148. The molecule has 2 aromatic rings. The van der Waals surface area contributed by atoms with E-state index in [0.717, 1.165) is 32.0 Å². The topological polar surface area (TPSA) is 66.9 Å². The van der Waals surface area contributed by atoms with Crippen molar-refractivity contribution >= 4 is 37.5 Å². The van der Waals surface area contributed by atoms with Crippen molar-refractivity contribution in [2.75, 3.05) is 31.6 Å². The summed E-state index contributed by atoms with van der Waals surface area (Å²) in [4.78, 5) is 14.6. The molecule has 8 heteroatoms. The second kappa shape index (κ2) is 8.23. The molecule has 1 aliphatic heterocycles. The number of fused-ring (bicyclic) bond motifs is 1. The first-order chi connectivity index (χ1) is 13.2. The minimum Gasteiger partial charge on any atom is -0.494 e. The zero-order valence-electron chi connectivity index (χ0n) is 16.1. The van der Waals surface area contributed by atoms with Gasteiger partial charge in [0.1, 0.15) is 5.75 Å². The normalized spacial score (nSPS) is 13.7. The third-order valence-corrected chi connectivity index (χ3v) is 7.04.